The van der Waals surface area contributed by atoms with Gasteiger partial charge in [-0.05, 0) is 82.1 Å². The van der Waals surface area contributed by atoms with Crippen LogP contribution >= 0.6 is 12.2 Å². The third kappa shape index (κ3) is 7.78. The number of allylic oxidation sites excluding steroid dienone is 1. The van der Waals surface area contributed by atoms with Crippen LogP contribution in [0.25, 0.3) is 0 Å². The lowest BCUT2D eigenvalue weighted by atomic mass is 10.0. The first kappa shape index (κ1) is 36.6. The molecule has 3 heterocycles. The number of carbonyl (C=O) groups is 4. The molecule has 0 aromatic heterocycles. The van der Waals surface area contributed by atoms with Crippen molar-refractivity contribution in [3.63, 3.8) is 0 Å². The molecule has 3 saturated carbocycles. The zero-order chi connectivity index (χ0) is 36.6. The monoisotopic (exact) mass is 758 g/mol. The number of fused-ring (bicyclic) bond motifs is 3. The Morgan fingerprint density at radius 3 is 2.56 bits per heavy atom. The van der Waals surface area contributed by atoms with Crippen molar-refractivity contribution in [1.82, 2.24) is 25.6 Å². The molecule has 4 N–H and O–H groups in total. The normalized spacial score (nSPS) is 30.2. The quantitative estimate of drug-likeness (QED) is 0.250. The van der Waals surface area contributed by atoms with E-state index in [0.717, 1.165) is 44.9 Å². The van der Waals surface area contributed by atoms with Gasteiger partial charge in [0.25, 0.3) is 5.91 Å². The summed E-state index contributed by atoms with van der Waals surface area (Å²) in [6, 6.07) is 2.84. The summed E-state index contributed by atoms with van der Waals surface area (Å²) in [6.07, 6.45) is 11.4. The molecule has 1 aromatic rings. The zero-order valence-electron chi connectivity index (χ0n) is 29.1. The molecule has 282 valence electrons. The summed E-state index contributed by atoms with van der Waals surface area (Å²) in [6.45, 7) is 0.133. The molecule has 0 unspecified atom stereocenters. The van der Waals surface area contributed by atoms with E-state index in [1.54, 1.807) is 6.07 Å². The van der Waals surface area contributed by atoms with Crippen molar-refractivity contribution in [2.24, 2.45) is 5.92 Å². The van der Waals surface area contributed by atoms with Gasteiger partial charge in [0.05, 0.1) is 17.5 Å². The highest BCUT2D eigenvalue weighted by atomic mass is 32.2. The number of hydrogen-bond acceptors (Lipinski definition) is 8. The molecule has 1 aromatic carbocycles. The molecule has 1 saturated heterocycles. The Labute approximate surface area is 308 Å². The minimum absolute atomic E-state index is 0.0524. The Kier molecular flexibility index (Phi) is 10.5. The Balaban J connectivity index is 1.14. The molecule has 5 atom stereocenters. The van der Waals surface area contributed by atoms with E-state index in [1.807, 2.05) is 12.2 Å². The van der Waals surface area contributed by atoms with Crippen molar-refractivity contribution in [2.75, 3.05) is 18.0 Å². The lowest BCUT2D eigenvalue weighted by Crippen LogP contribution is -2.59. The predicted molar refractivity (Wildman–Crippen MR) is 194 cm³/mol. The van der Waals surface area contributed by atoms with Gasteiger partial charge in [-0.15, -0.1) is 0 Å². The van der Waals surface area contributed by atoms with Gasteiger partial charge >= 0.3 is 6.09 Å². The van der Waals surface area contributed by atoms with Crippen LogP contribution in [-0.4, -0.2) is 90.4 Å². The van der Waals surface area contributed by atoms with Crippen LogP contribution < -0.4 is 25.6 Å². The second-order valence-corrected chi connectivity index (χ2v) is 17.4. The van der Waals surface area contributed by atoms with Gasteiger partial charge in [-0.3, -0.25) is 24.0 Å². The molecule has 4 fully saturated rings. The fourth-order valence-electron chi connectivity index (χ4n) is 8.09. The average Bonchev–Trinajstić information content (AvgIpc) is 3.89. The van der Waals surface area contributed by atoms with E-state index in [9.17, 15) is 32.0 Å². The van der Waals surface area contributed by atoms with Crippen molar-refractivity contribution >= 4 is 56.9 Å². The van der Waals surface area contributed by atoms with Crippen molar-refractivity contribution < 1.29 is 36.7 Å². The molecular weight excluding hydrogens is 712 g/mol. The first-order valence-corrected chi connectivity index (χ1v) is 20.6. The van der Waals surface area contributed by atoms with Crippen LogP contribution in [0.3, 0.4) is 0 Å². The van der Waals surface area contributed by atoms with Crippen LogP contribution in [0.15, 0.2) is 30.4 Å². The zero-order valence-corrected chi connectivity index (χ0v) is 30.7. The van der Waals surface area contributed by atoms with Crippen LogP contribution in [-0.2, 0) is 35.6 Å². The summed E-state index contributed by atoms with van der Waals surface area (Å²) < 4.78 is 48.1. The maximum absolute atomic E-state index is 14.5. The lowest BCUT2D eigenvalue weighted by molar-refractivity contribution is -0.141. The van der Waals surface area contributed by atoms with Crippen molar-refractivity contribution in [3.8, 4) is 0 Å². The number of nitrogens with zero attached hydrogens (tertiary/aromatic N) is 2. The first-order chi connectivity index (χ1) is 24.9. The summed E-state index contributed by atoms with van der Waals surface area (Å²) in [5.74, 6) is -2.67. The maximum atomic E-state index is 14.5. The predicted octanol–water partition coefficient (Wildman–Crippen LogP) is 3.07. The van der Waals surface area contributed by atoms with Gasteiger partial charge in [-0.25, -0.2) is 17.6 Å². The largest absolute Gasteiger partial charge is 0.444 e. The summed E-state index contributed by atoms with van der Waals surface area (Å²) in [7, 11) is -3.89. The van der Waals surface area contributed by atoms with E-state index >= 15 is 0 Å². The molecule has 0 bridgehead atoms. The van der Waals surface area contributed by atoms with Crippen molar-refractivity contribution in [2.45, 2.75) is 125 Å². The molecule has 4 amide bonds. The number of rotatable bonds is 6. The molecule has 3 aliphatic heterocycles. The van der Waals surface area contributed by atoms with Gasteiger partial charge in [-0.2, -0.15) is 0 Å². The van der Waals surface area contributed by atoms with Crippen LogP contribution in [0.5, 0.6) is 0 Å². The van der Waals surface area contributed by atoms with Crippen LogP contribution in [0.4, 0.5) is 14.9 Å². The van der Waals surface area contributed by atoms with Gasteiger partial charge in [-0.1, -0.05) is 43.9 Å². The smallest absolute Gasteiger partial charge is 0.414 e. The standard InChI is InChI=1S/C36H47FN6O7S2/c37-27-12-8-14-29-26(27)17-18-42(29)35(47)50-24-19-30-31(44)40-36(33(46)41-52(48,49)25-15-16-25)20-22(36)9-4-2-1-3-5-13-28(32(45)43(30)21-24)39-34(51)38-23-10-6-7-11-23/h4,8-9,12,14,22-25,28,30H,1-3,5-7,10-11,13,15-21H2,(H,40,44)(H,41,46)(H2,38,39,51)/b9-4-/t22-,24-,28+,30+,36-/m1/s1. The SMILES string of the molecule is O=C1N[C@]2(C(=O)NS(=O)(=O)C3CC3)C[C@H]2/C=C\CCCCC[C@H](NC(=S)NC2CCCC2)C(=O)N2C[C@H](OC(=O)N3CCc4c(F)cccc43)C[C@@H]12. The number of amides is 4. The number of hydrogen-bond donors (Lipinski definition) is 4. The topological polar surface area (TPSA) is 166 Å². The van der Waals surface area contributed by atoms with Gasteiger partial charge in [0.2, 0.25) is 21.8 Å². The first-order valence-electron chi connectivity index (χ1n) is 18.6. The third-order valence-electron chi connectivity index (χ3n) is 11.3. The molecular formula is C36H47FN6O7S2. The Hall–Kier alpha value is -3.79. The molecule has 16 heteroatoms. The highest BCUT2D eigenvalue weighted by Gasteiger charge is 2.62. The minimum atomic E-state index is -3.89. The summed E-state index contributed by atoms with van der Waals surface area (Å²) >= 11 is 5.65. The number of halogens is 1. The number of carbonyl (C=O) groups excluding carboxylic acids is 4. The fourth-order valence-corrected chi connectivity index (χ4v) is 9.76. The summed E-state index contributed by atoms with van der Waals surface area (Å²) in [4.78, 5) is 58.6. The maximum Gasteiger partial charge on any atom is 0.414 e. The van der Waals surface area contributed by atoms with Crippen molar-refractivity contribution in [3.05, 3.63) is 41.7 Å². The van der Waals surface area contributed by atoms with Gasteiger partial charge < -0.3 is 25.6 Å². The molecule has 0 radical (unpaired) electrons. The van der Waals surface area contributed by atoms with Crippen molar-refractivity contribution in [1.29, 1.82) is 0 Å². The third-order valence-corrected chi connectivity index (χ3v) is 13.4. The molecule has 52 heavy (non-hydrogen) atoms. The number of thiocarbonyl (C=S) groups is 1. The number of nitrogens with one attached hydrogen (secondary N) is 4. The van der Waals surface area contributed by atoms with E-state index < -0.39 is 74.5 Å². The van der Waals surface area contributed by atoms with Gasteiger partial charge in [0, 0.05) is 30.5 Å². The Morgan fingerprint density at radius 2 is 1.79 bits per heavy atom. The number of benzene rings is 1. The second kappa shape index (κ2) is 14.9. The van der Waals surface area contributed by atoms with E-state index in [1.165, 1.54) is 21.9 Å². The van der Waals surface area contributed by atoms with Crippen LogP contribution in [0.1, 0.15) is 89.0 Å². The summed E-state index contributed by atoms with van der Waals surface area (Å²) in [5.41, 5.74) is -0.668. The number of anilines is 1. The number of ether oxygens (including phenoxy) is 1. The minimum Gasteiger partial charge on any atom is -0.444 e. The van der Waals surface area contributed by atoms with Crippen LogP contribution in [0.2, 0.25) is 0 Å². The second-order valence-electron chi connectivity index (χ2n) is 15.1. The van der Waals surface area contributed by atoms with E-state index in [4.69, 9.17) is 17.0 Å². The highest BCUT2D eigenvalue weighted by molar-refractivity contribution is 7.91. The summed E-state index contributed by atoms with van der Waals surface area (Å²) in [5, 5.41) is 9.13. The fraction of sp³-hybridized carbons (Fsp3) is 0.639. The molecule has 0 spiro atoms. The Morgan fingerprint density at radius 1 is 1.02 bits per heavy atom. The average molecular weight is 759 g/mol. The highest BCUT2D eigenvalue weighted by Crippen LogP contribution is 2.46. The Bertz CT molecular complexity index is 1750. The van der Waals surface area contributed by atoms with Gasteiger partial charge in [0.15, 0.2) is 5.11 Å². The van der Waals surface area contributed by atoms with E-state index in [-0.39, 0.29) is 32.0 Å². The molecule has 7 rings (SSSR count). The van der Waals surface area contributed by atoms with Gasteiger partial charge in [0.1, 0.15) is 29.5 Å². The molecule has 6 aliphatic rings. The lowest BCUT2D eigenvalue weighted by Gasteiger charge is -2.30. The molecule has 13 nitrogen and oxygen atoms in total. The molecule has 3 aliphatic carbocycles. The van der Waals surface area contributed by atoms with Crippen LogP contribution in [0, 0.1) is 11.7 Å². The number of sulfonamides is 1. The van der Waals surface area contributed by atoms with E-state index in [0.29, 0.717) is 48.5 Å². The van der Waals surface area contributed by atoms with E-state index in [2.05, 4.69) is 20.7 Å².